The maximum atomic E-state index is 11.7. The summed E-state index contributed by atoms with van der Waals surface area (Å²) in [6, 6.07) is 14.3. The fourth-order valence-corrected chi connectivity index (χ4v) is 2.65. The second-order valence-electron chi connectivity index (χ2n) is 5.59. The SMILES string of the molecule is CCCOc1ccc(-c2cc(C(=O)O)c3cccc(OC)c3n2)cc1. The topological polar surface area (TPSA) is 68.7 Å². The van der Waals surface area contributed by atoms with Gasteiger partial charge in [-0.2, -0.15) is 0 Å². The van der Waals surface area contributed by atoms with E-state index in [1.54, 1.807) is 31.4 Å². The number of ether oxygens (including phenoxy) is 2. The second-order valence-corrected chi connectivity index (χ2v) is 5.59. The van der Waals surface area contributed by atoms with Crippen molar-refractivity contribution in [2.75, 3.05) is 13.7 Å². The van der Waals surface area contributed by atoms with Crippen LogP contribution in [0.2, 0.25) is 0 Å². The molecule has 0 aliphatic carbocycles. The van der Waals surface area contributed by atoms with Crippen LogP contribution in [0, 0.1) is 0 Å². The average Bonchev–Trinajstić information content (AvgIpc) is 2.65. The third kappa shape index (κ3) is 3.40. The normalized spacial score (nSPS) is 10.6. The van der Waals surface area contributed by atoms with Crippen molar-refractivity contribution >= 4 is 16.9 Å². The smallest absolute Gasteiger partial charge is 0.336 e. The molecule has 5 heteroatoms. The van der Waals surface area contributed by atoms with Crippen molar-refractivity contribution in [3.8, 4) is 22.8 Å². The van der Waals surface area contributed by atoms with Gasteiger partial charge in [0.05, 0.1) is 25.0 Å². The number of carboxylic acid groups (broad SMARTS) is 1. The lowest BCUT2D eigenvalue weighted by atomic mass is 10.0. The van der Waals surface area contributed by atoms with Crippen LogP contribution in [0.25, 0.3) is 22.2 Å². The van der Waals surface area contributed by atoms with Crippen molar-refractivity contribution in [3.05, 3.63) is 54.1 Å². The Morgan fingerprint density at radius 1 is 1.16 bits per heavy atom. The third-order valence-electron chi connectivity index (χ3n) is 3.88. The molecule has 0 fully saturated rings. The number of nitrogens with zero attached hydrogens (tertiary/aromatic N) is 1. The molecule has 3 aromatic rings. The highest BCUT2D eigenvalue weighted by molar-refractivity contribution is 6.05. The monoisotopic (exact) mass is 337 g/mol. The van der Waals surface area contributed by atoms with E-state index >= 15 is 0 Å². The van der Waals surface area contributed by atoms with Gasteiger partial charge in [0, 0.05) is 10.9 Å². The van der Waals surface area contributed by atoms with E-state index in [1.165, 1.54) is 0 Å². The van der Waals surface area contributed by atoms with Gasteiger partial charge in [-0.25, -0.2) is 9.78 Å². The molecular formula is C20H19NO4. The van der Waals surface area contributed by atoms with E-state index in [4.69, 9.17) is 9.47 Å². The number of hydrogen-bond acceptors (Lipinski definition) is 4. The van der Waals surface area contributed by atoms with E-state index in [-0.39, 0.29) is 5.56 Å². The molecule has 0 atom stereocenters. The Hall–Kier alpha value is -3.08. The second kappa shape index (κ2) is 7.21. The van der Waals surface area contributed by atoms with E-state index in [2.05, 4.69) is 4.98 Å². The fourth-order valence-electron chi connectivity index (χ4n) is 2.65. The summed E-state index contributed by atoms with van der Waals surface area (Å²) in [5.74, 6) is 0.331. The van der Waals surface area contributed by atoms with Crippen LogP contribution in [0.3, 0.4) is 0 Å². The summed E-state index contributed by atoms with van der Waals surface area (Å²) in [6.45, 7) is 2.71. The van der Waals surface area contributed by atoms with E-state index < -0.39 is 5.97 Å². The Morgan fingerprint density at radius 3 is 2.56 bits per heavy atom. The number of rotatable bonds is 6. The van der Waals surface area contributed by atoms with Gasteiger partial charge in [0.25, 0.3) is 0 Å². The van der Waals surface area contributed by atoms with Crippen LogP contribution in [0.1, 0.15) is 23.7 Å². The molecule has 1 aromatic heterocycles. The van der Waals surface area contributed by atoms with E-state index in [1.807, 2.05) is 31.2 Å². The highest BCUT2D eigenvalue weighted by Crippen LogP contribution is 2.31. The number of para-hydroxylation sites is 1. The maximum absolute atomic E-state index is 11.7. The van der Waals surface area contributed by atoms with Crippen molar-refractivity contribution in [1.29, 1.82) is 0 Å². The molecule has 0 amide bonds. The quantitative estimate of drug-likeness (QED) is 0.722. The van der Waals surface area contributed by atoms with Gasteiger partial charge in [-0.15, -0.1) is 0 Å². The summed E-state index contributed by atoms with van der Waals surface area (Å²) in [6.07, 6.45) is 0.940. The van der Waals surface area contributed by atoms with Gasteiger partial charge in [0.1, 0.15) is 17.0 Å². The Labute approximate surface area is 145 Å². The zero-order valence-electron chi connectivity index (χ0n) is 14.2. The Morgan fingerprint density at radius 2 is 1.92 bits per heavy atom. The van der Waals surface area contributed by atoms with Gasteiger partial charge in [0.15, 0.2) is 0 Å². The van der Waals surface area contributed by atoms with Crippen LogP contribution in [-0.4, -0.2) is 29.8 Å². The van der Waals surface area contributed by atoms with Gasteiger partial charge in [-0.05, 0) is 42.8 Å². The first-order valence-electron chi connectivity index (χ1n) is 8.08. The molecule has 3 rings (SSSR count). The van der Waals surface area contributed by atoms with Crippen LogP contribution in [0.5, 0.6) is 11.5 Å². The first kappa shape index (κ1) is 16.8. The summed E-state index contributed by atoms with van der Waals surface area (Å²) in [5.41, 5.74) is 2.13. The summed E-state index contributed by atoms with van der Waals surface area (Å²) >= 11 is 0. The number of methoxy groups -OCH3 is 1. The first-order valence-corrected chi connectivity index (χ1v) is 8.08. The minimum Gasteiger partial charge on any atom is -0.494 e. The number of benzene rings is 2. The number of fused-ring (bicyclic) bond motifs is 1. The minimum absolute atomic E-state index is 0.199. The van der Waals surface area contributed by atoms with Gasteiger partial charge in [-0.3, -0.25) is 0 Å². The van der Waals surface area contributed by atoms with Gasteiger partial charge in [-0.1, -0.05) is 19.1 Å². The van der Waals surface area contributed by atoms with Crippen molar-refractivity contribution in [3.63, 3.8) is 0 Å². The van der Waals surface area contributed by atoms with Crippen LogP contribution in [0.4, 0.5) is 0 Å². The number of aromatic carboxylic acids is 1. The predicted molar refractivity (Wildman–Crippen MR) is 96.5 cm³/mol. The Bertz CT molecular complexity index is 903. The number of carboxylic acids is 1. The van der Waals surface area contributed by atoms with E-state index in [0.717, 1.165) is 17.7 Å². The summed E-state index contributed by atoms with van der Waals surface area (Å²) in [4.78, 5) is 16.3. The molecule has 2 aromatic carbocycles. The third-order valence-corrected chi connectivity index (χ3v) is 3.88. The molecule has 0 saturated heterocycles. The van der Waals surface area contributed by atoms with E-state index in [0.29, 0.717) is 29.0 Å². The standard InChI is InChI=1S/C20H19NO4/c1-3-11-25-14-9-7-13(8-10-14)17-12-16(20(22)23)15-5-4-6-18(24-2)19(15)21-17/h4-10,12H,3,11H2,1-2H3,(H,22,23). The molecule has 0 radical (unpaired) electrons. The number of carbonyl (C=O) groups is 1. The molecular weight excluding hydrogens is 318 g/mol. The number of aromatic nitrogens is 1. The zero-order chi connectivity index (χ0) is 17.8. The molecule has 25 heavy (non-hydrogen) atoms. The number of pyridine rings is 1. The lowest BCUT2D eigenvalue weighted by molar-refractivity contribution is 0.0699. The van der Waals surface area contributed by atoms with Gasteiger partial charge >= 0.3 is 5.97 Å². The Balaban J connectivity index is 2.11. The van der Waals surface area contributed by atoms with Crippen LogP contribution in [0.15, 0.2) is 48.5 Å². The lowest BCUT2D eigenvalue weighted by Gasteiger charge is -2.11. The van der Waals surface area contributed by atoms with Crippen molar-refractivity contribution in [1.82, 2.24) is 4.98 Å². The predicted octanol–water partition coefficient (Wildman–Crippen LogP) is 4.40. The molecule has 0 spiro atoms. The molecule has 0 unspecified atom stereocenters. The minimum atomic E-state index is -0.996. The molecule has 0 aliphatic heterocycles. The number of hydrogen-bond donors (Lipinski definition) is 1. The summed E-state index contributed by atoms with van der Waals surface area (Å²) < 4.78 is 10.9. The molecule has 0 bridgehead atoms. The lowest BCUT2D eigenvalue weighted by Crippen LogP contribution is -2.01. The van der Waals surface area contributed by atoms with Crippen LogP contribution < -0.4 is 9.47 Å². The highest BCUT2D eigenvalue weighted by Gasteiger charge is 2.15. The molecule has 5 nitrogen and oxygen atoms in total. The zero-order valence-corrected chi connectivity index (χ0v) is 14.2. The summed E-state index contributed by atoms with van der Waals surface area (Å²) in [7, 11) is 1.55. The van der Waals surface area contributed by atoms with Gasteiger partial charge < -0.3 is 14.6 Å². The van der Waals surface area contributed by atoms with Crippen molar-refractivity contribution in [2.45, 2.75) is 13.3 Å². The molecule has 0 aliphatic rings. The molecule has 0 saturated carbocycles. The fraction of sp³-hybridized carbons (Fsp3) is 0.200. The first-order chi connectivity index (χ1) is 12.1. The summed E-state index contributed by atoms with van der Waals surface area (Å²) in [5, 5.41) is 10.1. The molecule has 128 valence electrons. The Kier molecular flexibility index (Phi) is 4.84. The van der Waals surface area contributed by atoms with E-state index in [9.17, 15) is 9.90 Å². The van der Waals surface area contributed by atoms with Crippen molar-refractivity contribution in [2.24, 2.45) is 0 Å². The van der Waals surface area contributed by atoms with Gasteiger partial charge in [0.2, 0.25) is 0 Å². The molecule has 1 heterocycles. The largest absolute Gasteiger partial charge is 0.494 e. The van der Waals surface area contributed by atoms with Crippen LogP contribution in [-0.2, 0) is 0 Å². The van der Waals surface area contributed by atoms with Crippen molar-refractivity contribution < 1.29 is 19.4 Å². The average molecular weight is 337 g/mol. The highest BCUT2D eigenvalue weighted by atomic mass is 16.5. The maximum Gasteiger partial charge on any atom is 0.336 e. The van der Waals surface area contributed by atoms with Crippen LogP contribution >= 0.6 is 0 Å². The molecule has 1 N–H and O–H groups in total.